The van der Waals surface area contributed by atoms with E-state index in [-0.39, 0.29) is 0 Å². The van der Waals surface area contributed by atoms with Gasteiger partial charge in [-0.25, -0.2) is 0 Å². The van der Waals surface area contributed by atoms with E-state index in [2.05, 4.69) is 23.0 Å². The predicted octanol–water partition coefficient (Wildman–Crippen LogP) is 1.97. The third kappa shape index (κ3) is 7.21. The van der Waals surface area contributed by atoms with Crippen molar-refractivity contribution in [2.24, 2.45) is 5.16 Å². The van der Waals surface area contributed by atoms with Gasteiger partial charge in [-0.1, -0.05) is 24.6 Å². The molecular weight excluding hydrogens is 114 g/mol. The molecule has 0 spiro atoms. The van der Waals surface area contributed by atoms with Crippen LogP contribution in [0.1, 0.15) is 19.8 Å². The van der Waals surface area contributed by atoms with E-state index in [9.17, 15) is 0 Å². The smallest absolute Gasteiger partial charge is 0.106 e. The Labute approximate surface area is 56.2 Å². The Hall–Kier alpha value is -0.790. The fraction of sp³-hybridized carbons (Fsp3) is 0.571. The summed E-state index contributed by atoms with van der Waals surface area (Å²) in [5.74, 6) is 0. The summed E-state index contributed by atoms with van der Waals surface area (Å²) in [6.45, 7) is 2.14. The van der Waals surface area contributed by atoms with Gasteiger partial charge in [0, 0.05) is 0 Å². The lowest BCUT2D eigenvalue weighted by Crippen LogP contribution is -1.68. The molecule has 2 heteroatoms. The largest absolute Gasteiger partial charge is 0.399 e. The minimum absolute atomic E-state index is 1.11. The molecule has 0 saturated heterocycles. The van der Waals surface area contributed by atoms with Crippen LogP contribution in [0.15, 0.2) is 17.3 Å². The molecule has 0 aromatic rings. The third-order valence-corrected chi connectivity index (χ3v) is 0.844. The molecule has 0 bridgehead atoms. The first-order chi connectivity index (χ1) is 4.41. The van der Waals surface area contributed by atoms with Crippen LogP contribution in [0.2, 0.25) is 0 Å². The highest BCUT2D eigenvalue weighted by Crippen LogP contribution is 1.85. The summed E-state index contributed by atoms with van der Waals surface area (Å²) in [6.07, 6.45) is 7.86. The second kappa shape index (κ2) is 7.21. The minimum atomic E-state index is 1.11. The molecule has 0 aliphatic heterocycles. The molecule has 0 aromatic carbocycles. The van der Waals surface area contributed by atoms with Gasteiger partial charge in [-0.15, -0.1) is 0 Å². The van der Waals surface area contributed by atoms with Crippen LogP contribution >= 0.6 is 0 Å². The van der Waals surface area contributed by atoms with Crippen LogP contribution in [0.4, 0.5) is 0 Å². The van der Waals surface area contributed by atoms with Crippen LogP contribution < -0.4 is 0 Å². The summed E-state index contributed by atoms with van der Waals surface area (Å²) in [4.78, 5) is 4.44. The molecule has 0 unspecified atom stereocenters. The normalized spacial score (nSPS) is 11.3. The zero-order valence-electron chi connectivity index (χ0n) is 6.00. The molecule has 0 aliphatic rings. The first kappa shape index (κ1) is 8.21. The average molecular weight is 127 g/mol. The van der Waals surface area contributed by atoms with E-state index in [1.165, 1.54) is 13.5 Å². The lowest BCUT2D eigenvalue weighted by atomic mass is 10.3. The van der Waals surface area contributed by atoms with Gasteiger partial charge in [0.15, 0.2) is 0 Å². The molecule has 0 atom stereocenters. The quantitative estimate of drug-likeness (QED) is 0.418. The zero-order chi connectivity index (χ0) is 6.95. The molecule has 0 amide bonds. The van der Waals surface area contributed by atoms with Crippen molar-refractivity contribution in [2.45, 2.75) is 19.8 Å². The van der Waals surface area contributed by atoms with E-state index < -0.39 is 0 Å². The molecule has 0 fully saturated rings. The van der Waals surface area contributed by atoms with Crippen LogP contribution in [0.5, 0.6) is 0 Å². The predicted molar refractivity (Wildman–Crippen MR) is 39.5 cm³/mol. The van der Waals surface area contributed by atoms with E-state index in [1.807, 2.05) is 6.08 Å². The highest BCUT2D eigenvalue weighted by atomic mass is 16.6. The molecule has 9 heavy (non-hydrogen) atoms. The van der Waals surface area contributed by atoms with E-state index >= 15 is 0 Å². The minimum Gasteiger partial charge on any atom is -0.399 e. The summed E-state index contributed by atoms with van der Waals surface area (Å²) in [5.41, 5.74) is 0. The van der Waals surface area contributed by atoms with Gasteiger partial charge in [0.25, 0.3) is 0 Å². The maximum absolute atomic E-state index is 4.44. The van der Waals surface area contributed by atoms with Gasteiger partial charge in [0.05, 0.1) is 6.21 Å². The van der Waals surface area contributed by atoms with Crippen LogP contribution in [0.3, 0.4) is 0 Å². The fourth-order valence-corrected chi connectivity index (χ4v) is 0.420. The van der Waals surface area contributed by atoms with Gasteiger partial charge in [-0.05, 0) is 12.5 Å². The number of unbranched alkanes of at least 4 members (excludes halogenated alkanes) is 1. The van der Waals surface area contributed by atoms with Gasteiger partial charge < -0.3 is 4.84 Å². The summed E-state index contributed by atoms with van der Waals surface area (Å²) >= 11 is 0. The lowest BCUT2D eigenvalue weighted by molar-refractivity contribution is 0.215. The first-order valence-electron chi connectivity index (χ1n) is 3.13. The Kier molecular flexibility index (Phi) is 6.58. The zero-order valence-corrected chi connectivity index (χ0v) is 6.00. The molecule has 2 nitrogen and oxygen atoms in total. The number of nitrogens with zero attached hydrogens (tertiary/aromatic N) is 1. The van der Waals surface area contributed by atoms with Crippen LogP contribution in [0, 0.1) is 0 Å². The van der Waals surface area contributed by atoms with Crippen LogP contribution in [0.25, 0.3) is 0 Å². The van der Waals surface area contributed by atoms with Gasteiger partial charge in [0.1, 0.15) is 7.11 Å². The van der Waals surface area contributed by atoms with Crippen molar-refractivity contribution in [1.29, 1.82) is 0 Å². The first-order valence-corrected chi connectivity index (χ1v) is 3.13. The van der Waals surface area contributed by atoms with Crippen molar-refractivity contribution in [3.05, 3.63) is 12.2 Å². The maximum atomic E-state index is 4.44. The Balaban J connectivity index is 3.13. The third-order valence-electron chi connectivity index (χ3n) is 0.844. The molecule has 0 rings (SSSR count). The Bertz CT molecular complexity index is 97.1. The van der Waals surface area contributed by atoms with Gasteiger partial charge >= 0.3 is 0 Å². The van der Waals surface area contributed by atoms with Crippen LogP contribution in [-0.2, 0) is 4.84 Å². The van der Waals surface area contributed by atoms with Gasteiger partial charge in [0.2, 0.25) is 0 Å². The summed E-state index contributed by atoms with van der Waals surface area (Å²) in [6, 6.07) is 0. The van der Waals surface area contributed by atoms with Crippen LogP contribution in [-0.4, -0.2) is 13.3 Å². The fourth-order valence-electron chi connectivity index (χ4n) is 0.420. The van der Waals surface area contributed by atoms with Crippen molar-refractivity contribution in [3.63, 3.8) is 0 Å². The topological polar surface area (TPSA) is 21.6 Å². The molecule has 0 saturated carbocycles. The number of oxime groups is 1. The highest BCUT2D eigenvalue weighted by Gasteiger charge is 1.68. The van der Waals surface area contributed by atoms with Crippen molar-refractivity contribution in [2.75, 3.05) is 7.11 Å². The second-order valence-corrected chi connectivity index (χ2v) is 1.65. The summed E-state index contributed by atoms with van der Waals surface area (Å²) in [5, 5.41) is 3.53. The number of rotatable bonds is 4. The molecule has 52 valence electrons. The molecular formula is C7H13NO. The molecule has 0 heterocycles. The molecule has 0 radical (unpaired) electrons. The maximum Gasteiger partial charge on any atom is 0.106 e. The summed E-state index contributed by atoms with van der Waals surface area (Å²) < 4.78 is 0. The monoisotopic (exact) mass is 127 g/mol. The Morgan fingerprint density at radius 3 is 2.89 bits per heavy atom. The van der Waals surface area contributed by atoms with Crippen molar-refractivity contribution >= 4 is 6.21 Å². The molecule has 0 aromatic heterocycles. The lowest BCUT2D eigenvalue weighted by Gasteiger charge is -1.81. The molecule has 0 N–H and O–H groups in total. The SMILES string of the molecule is CCC/C=C/C=NOC. The van der Waals surface area contributed by atoms with Crippen molar-refractivity contribution in [3.8, 4) is 0 Å². The Morgan fingerprint density at radius 1 is 1.56 bits per heavy atom. The number of allylic oxidation sites excluding steroid dienone is 2. The summed E-state index contributed by atoms with van der Waals surface area (Å²) in [7, 11) is 1.53. The van der Waals surface area contributed by atoms with Gasteiger partial charge in [-0.2, -0.15) is 0 Å². The Morgan fingerprint density at radius 2 is 2.33 bits per heavy atom. The standard InChI is InChI=1S/C7H13NO/c1-3-4-5-6-7-8-9-2/h5-7H,3-4H2,1-2H3/b6-5+,8-7?. The van der Waals surface area contributed by atoms with E-state index in [0.29, 0.717) is 0 Å². The van der Waals surface area contributed by atoms with Crippen molar-refractivity contribution < 1.29 is 4.84 Å². The second-order valence-electron chi connectivity index (χ2n) is 1.65. The van der Waals surface area contributed by atoms with E-state index in [4.69, 9.17) is 0 Å². The van der Waals surface area contributed by atoms with Gasteiger partial charge in [-0.3, -0.25) is 0 Å². The average Bonchev–Trinajstić information content (AvgIpc) is 1.89. The number of hydrogen-bond donors (Lipinski definition) is 0. The van der Waals surface area contributed by atoms with E-state index in [0.717, 1.165) is 6.42 Å². The highest BCUT2D eigenvalue weighted by molar-refractivity contribution is 5.70. The number of hydrogen-bond acceptors (Lipinski definition) is 2. The van der Waals surface area contributed by atoms with E-state index in [1.54, 1.807) is 6.21 Å². The van der Waals surface area contributed by atoms with Crippen molar-refractivity contribution in [1.82, 2.24) is 0 Å². The molecule has 0 aliphatic carbocycles.